The molecule has 0 saturated heterocycles. The van der Waals surface area contributed by atoms with Crippen LogP contribution in [0.1, 0.15) is 84.0 Å². The number of aliphatic hydroxyl groups is 1. The summed E-state index contributed by atoms with van der Waals surface area (Å²) in [6.07, 6.45) is 16.2. The highest BCUT2D eigenvalue weighted by atomic mass is 16.5. The molecule has 3 nitrogen and oxygen atoms in total. The lowest BCUT2D eigenvalue weighted by Gasteiger charge is -2.47. The summed E-state index contributed by atoms with van der Waals surface area (Å²) in [5, 5.41) is 11.4. The molecule has 0 aromatic heterocycles. The van der Waals surface area contributed by atoms with Gasteiger partial charge in [-0.2, -0.15) is 0 Å². The summed E-state index contributed by atoms with van der Waals surface area (Å²) in [5.41, 5.74) is -1.65. The Morgan fingerprint density at radius 1 is 0.955 bits per heavy atom. The van der Waals surface area contributed by atoms with E-state index < -0.39 is 11.0 Å². The molecule has 2 aliphatic carbocycles. The molecule has 0 heterocycles. The average Bonchev–Trinajstić information content (AvgIpc) is 2.49. The van der Waals surface area contributed by atoms with Crippen molar-refractivity contribution in [3.8, 4) is 0 Å². The number of allylic oxidation sites excluding steroid dienone is 1. The molecule has 0 radical (unpaired) electrons. The van der Waals surface area contributed by atoms with Crippen LogP contribution in [-0.4, -0.2) is 23.3 Å². The fraction of sp³-hybridized carbons (Fsp3) is 0.842. The average molecular weight is 308 g/mol. The van der Waals surface area contributed by atoms with E-state index in [9.17, 15) is 9.90 Å². The highest BCUT2D eigenvalue weighted by molar-refractivity contribution is 5.79. The molecular formula is C19H32O3. The van der Waals surface area contributed by atoms with Gasteiger partial charge in [0.05, 0.1) is 12.2 Å². The van der Waals surface area contributed by atoms with Gasteiger partial charge in [0.2, 0.25) is 0 Å². The molecule has 0 aromatic rings. The Labute approximate surface area is 135 Å². The molecule has 2 rings (SSSR count). The Balaban J connectivity index is 2.24. The first-order chi connectivity index (χ1) is 10.6. The molecule has 1 N–H and O–H groups in total. The SMILES string of the molecule is CCOC(=O)[C@@]12CC=CC[C@@]1(O)CCCCCCCCCC2. The van der Waals surface area contributed by atoms with E-state index in [1.807, 2.05) is 13.0 Å². The molecule has 0 aliphatic heterocycles. The third kappa shape index (κ3) is 3.73. The Morgan fingerprint density at radius 3 is 2.14 bits per heavy atom. The highest BCUT2D eigenvalue weighted by Crippen LogP contribution is 2.49. The molecule has 126 valence electrons. The molecule has 22 heavy (non-hydrogen) atoms. The standard InChI is InChI=1S/C19H32O3/c1-2-22-17(20)18-13-9-7-5-3-4-6-8-10-15-19(18,21)16-12-11-14-18/h11-12,21H,2-10,13-16H2,1H3/t18-,19+/m1/s1. The molecule has 2 aliphatic rings. The summed E-state index contributed by atoms with van der Waals surface area (Å²) in [6, 6.07) is 0. The summed E-state index contributed by atoms with van der Waals surface area (Å²) >= 11 is 0. The Morgan fingerprint density at radius 2 is 1.50 bits per heavy atom. The van der Waals surface area contributed by atoms with Crippen LogP contribution in [0.25, 0.3) is 0 Å². The first kappa shape index (κ1) is 17.5. The maximum atomic E-state index is 12.8. The van der Waals surface area contributed by atoms with Gasteiger partial charge in [0.1, 0.15) is 5.41 Å². The minimum absolute atomic E-state index is 0.182. The van der Waals surface area contributed by atoms with Gasteiger partial charge in [0, 0.05) is 0 Å². The summed E-state index contributed by atoms with van der Waals surface area (Å²) in [6.45, 7) is 2.24. The van der Waals surface area contributed by atoms with Gasteiger partial charge in [-0.05, 0) is 32.6 Å². The number of fused-ring (bicyclic) bond motifs is 1. The topological polar surface area (TPSA) is 46.5 Å². The van der Waals surface area contributed by atoms with Crippen LogP contribution in [0.3, 0.4) is 0 Å². The van der Waals surface area contributed by atoms with Gasteiger partial charge in [-0.25, -0.2) is 0 Å². The van der Waals surface area contributed by atoms with Crippen molar-refractivity contribution in [3.63, 3.8) is 0 Å². The maximum absolute atomic E-state index is 12.8. The minimum atomic E-state index is -0.923. The van der Waals surface area contributed by atoms with Gasteiger partial charge in [0.25, 0.3) is 0 Å². The van der Waals surface area contributed by atoms with Crippen LogP contribution < -0.4 is 0 Å². The molecular weight excluding hydrogens is 276 g/mol. The van der Waals surface area contributed by atoms with Crippen LogP contribution in [0.15, 0.2) is 12.2 Å². The number of rotatable bonds is 2. The third-order valence-corrected chi connectivity index (χ3v) is 5.59. The molecule has 0 unspecified atom stereocenters. The van der Waals surface area contributed by atoms with Crippen LogP contribution >= 0.6 is 0 Å². The lowest BCUT2D eigenvalue weighted by molar-refractivity contribution is -0.180. The summed E-state index contributed by atoms with van der Waals surface area (Å²) in [7, 11) is 0. The van der Waals surface area contributed by atoms with E-state index in [0.29, 0.717) is 19.4 Å². The lowest BCUT2D eigenvalue weighted by Crippen LogP contribution is -2.55. The summed E-state index contributed by atoms with van der Waals surface area (Å²) in [5.74, 6) is -0.182. The predicted octanol–water partition coefficient (Wildman–Crippen LogP) is 4.53. The van der Waals surface area contributed by atoms with Gasteiger partial charge < -0.3 is 9.84 Å². The van der Waals surface area contributed by atoms with Crippen molar-refractivity contribution in [1.29, 1.82) is 0 Å². The molecule has 0 amide bonds. The van der Waals surface area contributed by atoms with Crippen molar-refractivity contribution in [2.24, 2.45) is 5.41 Å². The van der Waals surface area contributed by atoms with Crippen LogP contribution in [0.5, 0.6) is 0 Å². The van der Waals surface area contributed by atoms with Crippen LogP contribution in [-0.2, 0) is 9.53 Å². The molecule has 2 atom stereocenters. The van der Waals surface area contributed by atoms with Crippen LogP contribution in [0.2, 0.25) is 0 Å². The van der Waals surface area contributed by atoms with Crippen LogP contribution in [0, 0.1) is 5.41 Å². The zero-order chi connectivity index (χ0) is 15.9. The molecule has 0 bridgehead atoms. The van der Waals surface area contributed by atoms with Gasteiger partial charge >= 0.3 is 5.97 Å². The minimum Gasteiger partial charge on any atom is -0.465 e. The Bertz CT molecular complexity index is 390. The number of esters is 1. The third-order valence-electron chi connectivity index (χ3n) is 5.59. The van der Waals surface area contributed by atoms with Crippen molar-refractivity contribution in [2.45, 2.75) is 89.6 Å². The van der Waals surface area contributed by atoms with E-state index in [1.165, 1.54) is 25.7 Å². The number of ether oxygens (including phenoxy) is 1. The second-order valence-electron chi connectivity index (χ2n) is 7.04. The van der Waals surface area contributed by atoms with Crippen molar-refractivity contribution in [1.82, 2.24) is 0 Å². The molecule has 0 spiro atoms. The molecule has 0 aromatic carbocycles. The van der Waals surface area contributed by atoms with E-state index in [4.69, 9.17) is 4.74 Å². The summed E-state index contributed by atoms with van der Waals surface area (Å²) in [4.78, 5) is 12.8. The van der Waals surface area contributed by atoms with Crippen molar-refractivity contribution < 1.29 is 14.6 Å². The summed E-state index contributed by atoms with van der Waals surface area (Å²) < 4.78 is 5.40. The van der Waals surface area contributed by atoms with E-state index in [2.05, 4.69) is 6.08 Å². The first-order valence-electron chi connectivity index (χ1n) is 9.19. The smallest absolute Gasteiger partial charge is 0.315 e. The highest BCUT2D eigenvalue weighted by Gasteiger charge is 2.55. The number of carbonyl (C=O) groups excluding carboxylic acids is 1. The number of hydrogen-bond acceptors (Lipinski definition) is 3. The second-order valence-corrected chi connectivity index (χ2v) is 7.04. The van der Waals surface area contributed by atoms with Gasteiger partial charge in [-0.15, -0.1) is 0 Å². The van der Waals surface area contributed by atoms with Gasteiger partial charge in [-0.1, -0.05) is 63.5 Å². The zero-order valence-corrected chi connectivity index (χ0v) is 14.1. The molecule has 1 saturated carbocycles. The van der Waals surface area contributed by atoms with E-state index >= 15 is 0 Å². The zero-order valence-electron chi connectivity index (χ0n) is 14.1. The largest absolute Gasteiger partial charge is 0.465 e. The number of carbonyl (C=O) groups is 1. The Hall–Kier alpha value is -0.830. The van der Waals surface area contributed by atoms with Crippen molar-refractivity contribution in [3.05, 3.63) is 12.2 Å². The fourth-order valence-electron chi connectivity index (χ4n) is 4.17. The normalized spacial score (nSPS) is 34.1. The first-order valence-corrected chi connectivity index (χ1v) is 9.19. The van der Waals surface area contributed by atoms with Gasteiger partial charge in [-0.3, -0.25) is 4.79 Å². The molecule has 3 heteroatoms. The van der Waals surface area contributed by atoms with E-state index in [1.54, 1.807) is 0 Å². The predicted molar refractivity (Wildman–Crippen MR) is 88.6 cm³/mol. The fourth-order valence-corrected chi connectivity index (χ4v) is 4.17. The lowest BCUT2D eigenvalue weighted by atomic mass is 9.61. The molecule has 1 fully saturated rings. The van der Waals surface area contributed by atoms with Gasteiger partial charge in [0.15, 0.2) is 0 Å². The van der Waals surface area contributed by atoms with E-state index in [0.717, 1.165) is 38.5 Å². The van der Waals surface area contributed by atoms with E-state index in [-0.39, 0.29) is 5.97 Å². The Kier molecular flexibility index (Phi) is 6.49. The maximum Gasteiger partial charge on any atom is 0.315 e. The monoisotopic (exact) mass is 308 g/mol. The van der Waals surface area contributed by atoms with Crippen molar-refractivity contribution >= 4 is 5.97 Å². The second kappa shape index (κ2) is 8.14. The van der Waals surface area contributed by atoms with Crippen molar-refractivity contribution in [2.75, 3.05) is 6.61 Å². The quantitative estimate of drug-likeness (QED) is 0.602. The van der Waals surface area contributed by atoms with Crippen LogP contribution in [0.4, 0.5) is 0 Å². The number of hydrogen-bond donors (Lipinski definition) is 1.